The van der Waals surface area contributed by atoms with Gasteiger partial charge in [-0.25, -0.2) is 0 Å². The average Bonchev–Trinajstić information content (AvgIpc) is 2.20. The third-order valence-electron chi connectivity index (χ3n) is 1.91. The van der Waals surface area contributed by atoms with Crippen LogP contribution >= 0.6 is 11.8 Å². The third-order valence-corrected chi connectivity index (χ3v) is 2.55. The molecule has 0 aromatic carbocycles. The van der Waals surface area contributed by atoms with Gasteiger partial charge in [0.15, 0.2) is 0 Å². The summed E-state index contributed by atoms with van der Waals surface area (Å²) in [6.07, 6.45) is 2.58. The molecule has 0 unspecified atom stereocenters. The van der Waals surface area contributed by atoms with Crippen LogP contribution in [0.4, 0.5) is 0 Å². The van der Waals surface area contributed by atoms with Gasteiger partial charge in [0.05, 0.1) is 12.6 Å². The van der Waals surface area contributed by atoms with Gasteiger partial charge in [-0.3, -0.25) is 9.59 Å². The molecule has 0 aromatic rings. The van der Waals surface area contributed by atoms with Gasteiger partial charge in [0.1, 0.15) is 0 Å². The minimum absolute atomic E-state index is 0.0247. The molecule has 0 bridgehead atoms. The highest BCUT2D eigenvalue weighted by Gasteiger charge is 2.16. The van der Waals surface area contributed by atoms with Crippen molar-refractivity contribution in [3.05, 3.63) is 0 Å². The van der Waals surface area contributed by atoms with E-state index in [0.29, 0.717) is 6.42 Å². The summed E-state index contributed by atoms with van der Waals surface area (Å²) in [7, 11) is 0. The second kappa shape index (κ2) is 7.55. The van der Waals surface area contributed by atoms with Crippen LogP contribution in [0.1, 0.15) is 27.2 Å². The van der Waals surface area contributed by atoms with Crippen LogP contribution < -0.4 is 16.4 Å². The lowest BCUT2D eigenvalue weighted by molar-refractivity contribution is -0.127. The Bertz CT molecular complexity index is 264. The molecule has 0 rings (SSSR count). The molecule has 4 N–H and O–H groups in total. The van der Waals surface area contributed by atoms with Gasteiger partial charge in [-0.2, -0.15) is 11.8 Å². The van der Waals surface area contributed by atoms with Crippen LogP contribution in [-0.2, 0) is 9.59 Å². The number of nitrogens with two attached hydrogens (primary N) is 1. The van der Waals surface area contributed by atoms with E-state index in [1.54, 1.807) is 11.8 Å². The molecule has 100 valence electrons. The fraction of sp³-hybridized carbons (Fsp3) is 0.818. The Morgan fingerprint density at radius 3 is 2.41 bits per heavy atom. The van der Waals surface area contributed by atoms with Crippen LogP contribution in [0, 0.1) is 0 Å². The van der Waals surface area contributed by atoms with E-state index in [9.17, 15) is 9.59 Å². The van der Waals surface area contributed by atoms with Crippen LogP contribution in [0.5, 0.6) is 0 Å². The lowest BCUT2D eigenvalue weighted by Crippen LogP contribution is -2.48. The topological polar surface area (TPSA) is 84.2 Å². The first-order valence-corrected chi connectivity index (χ1v) is 6.99. The highest BCUT2D eigenvalue weighted by Crippen LogP contribution is 1.99. The zero-order valence-corrected chi connectivity index (χ0v) is 11.8. The Morgan fingerprint density at radius 2 is 1.94 bits per heavy atom. The number of rotatable bonds is 6. The maximum absolute atomic E-state index is 11.5. The van der Waals surface area contributed by atoms with E-state index in [1.165, 1.54) is 0 Å². The first kappa shape index (κ1) is 16.2. The number of carbonyl (C=O) groups excluding carboxylic acids is 2. The summed E-state index contributed by atoms with van der Waals surface area (Å²) in [6.45, 7) is 5.63. The van der Waals surface area contributed by atoms with Gasteiger partial charge in [-0.15, -0.1) is 0 Å². The van der Waals surface area contributed by atoms with Crippen LogP contribution in [0.25, 0.3) is 0 Å². The van der Waals surface area contributed by atoms with E-state index in [-0.39, 0.29) is 23.9 Å². The highest BCUT2D eigenvalue weighted by atomic mass is 32.2. The second-order valence-electron chi connectivity index (χ2n) is 4.90. The SMILES string of the molecule is CSCC[C@H](N)C(=O)NCC(=O)NC(C)(C)C. The molecular weight excluding hydrogens is 238 g/mol. The van der Waals surface area contributed by atoms with Crippen molar-refractivity contribution < 1.29 is 9.59 Å². The summed E-state index contributed by atoms with van der Waals surface area (Å²) in [6, 6.07) is -0.537. The molecule has 0 spiro atoms. The minimum Gasteiger partial charge on any atom is -0.350 e. The minimum atomic E-state index is -0.537. The standard InChI is InChI=1S/C11H23N3O2S/c1-11(2,3)14-9(15)7-13-10(16)8(12)5-6-17-4/h8H,5-7,12H2,1-4H3,(H,13,16)(H,14,15)/t8-/m0/s1. The molecule has 0 aliphatic rings. The predicted molar refractivity (Wildman–Crippen MR) is 71.9 cm³/mol. The van der Waals surface area contributed by atoms with Crippen LogP contribution in [0.15, 0.2) is 0 Å². The average molecular weight is 261 g/mol. The Kier molecular flexibility index (Phi) is 7.22. The molecule has 0 fully saturated rings. The van der Waals surface area contributed by atoms with Crippen LogP contribution in [0.3, 0.4) is 0 Å². The number of carbonyl (C=O) groups is 2. The molecule has 6 heteroatoms. The summed E-state index contributed by atoms with van der Waals surface area (Å²) < 4.78 is 0. The number of amides is 2. The Labute approximate surface area is 107 Å². The first-order chi connectivity index (χ1) is 7.76. The number of thioether (sulfide) groups is 1. The fourth-order valence-electron chi connectivity index (χ4n) is 1.14. The lowest BCUT2D eigenvalue weighted by Gasteiger charge is -2.21. The third kappa shape index (κ3) is 9.00. The molecule has 0 radical (unpaired) electrons. The second-order valence-corrected chi connectivity index (χ2v) is 5.89. The fourth-order valence-corrected chi connectivity index (χ4v) is 1.63. The van der Waals surface area contributed by atoms with E-state index >= 15 is 0 Å². The summed E-state index contributed by atoms with van der Waals surface area (Å²) in [4.78, 5) is 22.9. The maximum Gasteiger partial charge on any atom is 0.239 e. The molecule has 0 aromatic heterocycles. The quantitative estimate of drug-likeness (QED) is 0.633. The van der Waals surface area contributed by atoms with Gasteiger partial charge in [-0.1, -0.05) is 0 Å². The van der Waals surface area contributed by atoms with Crippen molar-refractivity contribution in [2.24, 2.45) is 5.73 Å². The molecule has 0 heterocycles. The number of hydrogen-bond acceptors (Lipinski definition) is 4. The Balaban J connectivity index is 3.87. The summed E-state index contributed by atoms with van der Waals surface area (Å²) in [5.41, 5.74) is 5.37. The summed E-state index contributed by atoms with van der Waals surface area (Å²) >= 11 is 1.64. The van der Waals surface area contributed by atoms with Gasteiger partial charge < -0.3 is 16.4 Å². The molecule has 0 aliphatic heterocycles. The van der Waals surface area contributed by atoms with Gasteiger partial charge >= 0.3 is 0 Å². The van der Waals surface area contributed by atoms with Crippen molar-refractivity contribution in [1.82, 2.24) is 10.6 Å². The normalized spacial score (nSPS) is 13.0. The molecule has 5 nitrogen and oxygen atoms in total. The predicted octanol–water partition coefficient (Wildman–Crippen LogP) is 0.0977. The van der Waals surface area contributed by atoms with E-state index in [0.717, 1.165) is 5.75 Å². The van der Waals surface area contributed by atoms with Crippen LogP contribution in [0.2, 0.25) is 0 Å². The highest BCUT2D eigenvalue weighted by molar-refractivity contribution is 7.98. The van der Waals surface area contributed by atoms with E-state index < -0.39 is 6.04 Å². The van der Waals surface area contributed by atoms with Crippen molar-refractivity contribution in [3.8, 4) is 0 Å². The zero-order valence-electron chi connectivity index (χ0n) is 11.0. The van der Waals surface area contributed by atoms with Crippen molar-refractivity contribution in [1.29, 1.82) is 0 Å². The molecule has 2 amide bonds. The van der Waals surface area contributed by atoms with Gasteiger partial charge in [0.25, 0.3) is 0 Å². The molecule has 0 saturated carbocycles. The lowest BCUT2D eigenvalue weighted by atomic mass is 10.1. The van der Waals surface area contributed by atoms with E-state index in [4.69, 9.17) is 5.73 Å². The summed E-state index contributed by atoms with van der Waals surface area (Å²) in [5.74, 6) is 0.356. The Hall–Kier alpha value is -0.750. The molecule has 0 aliphatic carbocycles. The van der Waals surface area contributed by atoms with Crippen molar-refractivity contribution in [2.75, 3.05) is 18.6 Å². The van der Waals surface area contributed by atoms with Crippen molar-refractivity contribution in [2.45, 2.75) is 38.8 Å². The van der Waals surface area contributed by atoms with Gasteiger partial charge in [-0.05, 0) is 39.2 Å². The number of nitrogens with one attached hydrogen (secondary N) is 2. The summed E-state index contributed by atoms with van der Waals surface area (Å²) in [5, 5.41) is 5.29. The van der Waals surface area contributed by atoms with E-state index in [1.807, 2.05) is 27.0 Å². The van der Waals surface area contributed by atoms with Gasteiger partial charge in [0.2, 0.25) is 11.8 Å². The van der Waals surface area contributed by atoms with E-state index in [2.05, 4.69) is 10.6 Å². The van der Waals surface area contributed by atoms with Crippen molar-refractivity contribution in [3.63, 3.8) is 0 Å². The van der Waals surface area contributed by atoms with Crippen molar-refractivity contribution >= 4 is 23.6 Å². The van der Waals surface area contributed by atoms with Gasteiger partial charge in [0, 0.05) is 5.54 Å². The smallest absolute Gasteiger partial charge is 0.239 e. The largest absolute Gasteiger partial charge is 0.350 e. The zero-order chi connectivity index (χ0) is 13.5. The Morgan fingerprint density at radius 1 is 1.35 bits per heavy atom. The first-order valence-electron chi connectivity index (χ1n) is 5.59. The maximum atomic E-state index is 11.5. The number of hydrogen-bond donors (Lipinski definition) is 3. The monoisotopic (exact) mass is 261 g/mol. The molecule has 1 atom stereocenters. The van der Waals surface area contributed by atoms with Crippen LogP contribution in [-0.4, -0.2) is 41.9 Å². The molecule has 17 heavy (non-hydrogen) atoms. The molecule has 0 saturated heterocycles. The molecular formula is C11H23N3O2S.